The smallest absolute Gasteiger partial charge is 0.182 e. The van der Waals surface area contributed by atoms with Crippen molar-refractivity contribution in [3.63, 3.8) is 0 Å². The fraction of sp³-hybridized carbons (Fsp3) is 0.167. The molecule has 0 aromatic carbocycles. The van der Waals surface area contributed by atoms with E-state index in [4.69, 9.17) is 0 Å². The largest absolute Gasteiger partial charge is 0.358 e. The molecule has 1 aromatic heterocycles. The summed E-state index contributed by atoms with van der Waals surface area (Å²) >= 11 is 0. The summed E-state index contributed by atoms with van der Waals surface area (Å²) < 4.78 is 0. The van der Waals surface area contributed by atoms with Crippen molar-refractivity contribution in [2.75, 3.05) is 0 Å². The zero-order chi connectivity index (χ0) is 6.53. The summed E-state index contributed by atoms with van der Waals surface area (Å²) in [5.74, 6) is 0. The molecule has 2 nitrogen and oxygen atoms in total. The lowest BCUT2D eigenvalue weighted by Gasteiger charge is -1.95. The molecule has 0 radical (unpaired) electrons. The molecule has 9 heavy (non-hydrogen) atoms. The summed E-state index contributed by atoms with van der Waals surface area (Å²) in [6, 6.07) is 3.99. The zero-order valence-corrected chi connectivity index (χ0v) is 5.46. The predicted octanol–water partition coefficient (Wildman–Crippen LogP) is -0.281. The topological polar surface area (TPSA) is 24.9 Å². The molecule has 0 aliphatic carbocycles. The van der Waals surface area contributed by atoms with E-state index in [1.807, 2.05) is 20.1 Å². The maximum Gasteiger partial charge on any atom is 0.182 e. The Morgan fingerprint density at radius 3 is 2.67 bits per heavy atom. The fourth-order valence-electron chi connectivity index (χ4n) is 0.705. The number of rotatable bonds is 2. The second kappa shape index (κ2) is 3.25. The minimum Gasteiger partial charge on any atom is -0.358 e. The van der Waals surface area contributed by atoms with Crippen molar-refractivity contribution in [3.05, 3.63) is 30.1 Å². The van der Waals surface area contributed by atoms with Gasteiger partial charge in [0.2, 0.25) is 0 Å². The maximum atomic E-state index is 3.90. The van der Waals surface area contributed by atoms with Gasteiger partial charge in [0.1, 0.15) is 0 Å². The predicted molar refractivity (Wildman–Crippen MR) is 39.6 cm³/mol. The van der Waals surface area contributed by atoms with E-state index < -0.39 is 0 Å². The van der Waals surface area contributed by atoms with E-state index >= 15 is 0 Å². The maximum absolute atomic E-state index is 3.90. The van der Waals surface area contributed by atoms with Gasteiger partial charge in [0, 0.05) is 18.9 Å². The van der Waals surface area contributed by atoms with Crippen molar-refractivity contribution < 1.29 is 0 Å². The highest BCUT2D eigenvalue weighted by molar-refractivity contribution is 6.04. The van der Waals surface area contributed by atoms with Crippen LogP contribution >= 0.6 is 0 Å². The van der Waals surface area contributed by atoms with Gasteiger partial charge in [0.15, 0.2) is 7.98 Å². The SMILES string of the molecule is BNCc1ccncc1. The molecule has 0 aliphatic rings. The Labute approximate surface area is 55.7 Å². The van der Waals surface area contributed by atoms with E-state index in [-0.39, 0.29) is 0 Å². The number of nitrogens with one attached hydrogen (secondary N) is 1. The van der Waals surface area contributed by atoms with Crippen molar-refractivity contribution in [2.24, 2.45) is 0 Å². The normalized spacial score (nSPS) is 9.33. The highest BCUT2D eigenvalue weighted by Crippen LogP contribution is 1.92. The third-order valence-electron chi connectivity index (χ3n) is 1.13. The van der Waals surface area contributed by atoms with Crippen molar-refractivity contribution in [1.82, 2.24) is 10.2 Å². The average Bonchev–Trinajstić information content (AvgIpc) is 1.91. The van der Waals surface area contributed by atoms with Crippen LogP contribution in [0.1, 0.15) is 5.56 Å². The van der Waals surface area contributed by atoms with Crippen molar-refractivity contribution >= 4 is 7.98 Å². The minimum absolute atomic E-state index is 0.919. The molecular formula is C6H9BN2. The number of aromatic nitrogens is 1. The van der Waals surface area contributed by atoms with Gasteiger partial charge in [-0.1, -0.05) is 0 Å². The summed E-state index contributed by atoms with van der Waals surface area (Å²) in [7, 11) is 1.93. The number of hydrogen-bond donors (Lipinski definition) is 1. The van der Waals surface area contributed by atoms with E-state index in [1.54, 1.807) is 12.4 Å². The average molecular weight is 120 g/mol. The van der Waals surface area contributed by atoms with E-state index in [0.29, 0.717) is 0 Å². The molecule has 0 spiro atoms. The Morgan fingerprint density at radius 2 is 2.11 bits per heavy atom. The second-order valence-corrected chi connectivity index (χ2v) is 1.89. The molecular weight excluding hydrogens is 111 g/mol. The molecule has 1 N–H and O–H groups in total. The minimum atomic E-state index is 0.919. The Hall–Kier alpha value is -0.825. The molecule has 0 atom stereocenters. The zero-order valence-electron chi connectivity index (χ0n) is 5.46. The van der Waals surface area contributed by atoms with Gasteiger partial charge in [-0.2, -0.15) is 0 Å². The molecule has 0 saturated carbocycles. The van der Waals surface area contributed by atoms with Gasteiger partial charge in [-0.05, 0) is 17.7 Å². The van der Waals surface area contributed by atoms with Gasteiger partial charge in [0.05, 0.1) is 0 Å². The van der Waals surface area contributed by atoms with Crippen LogP contribution < -0.4 is 5.23 Å². The molecule has 0 unspecified atom stereocenters. The Kier molecular flexibility index (Phi) is 2.27. The van der Waals surface area contributed by atoms with Crippen LogP contribution in [-0.4, -0.2) is 13.0 Å². The Morgan fingerprint density at radius 1 is 1.44 bits per heavy atom. The highest BCUT2D eigenvalue weighted by Gasteiger charge is 1.84. The number of pyridine rings is 1. The Bertz CT molecular complexity index is 164. The first kappa shape index (κ1) is 6.30. The van der Waals surface area contributed by atoms with E-state index in [2.05, 4.69) is 10.2 Å². The van der Waals surface area contributed by atoms with Gasteiger partial charge >= 0.3 is 0 Å². The molecule has 0 amide bonds. The van der Waals surface area contributed by atoms with Crippen molar-refractivity contribution in [3.8, 4) is 0 Å². The first-order chi connectivity index (χ1) is 4.43. The monoisotopic (exact) mass is 120 g/mol. The van der Waals surface area contributed by atoms with Crippen LogP contribution in [0.25, 0.3) is 0 Å². The summed E-state index contributed by atoms with van der Waals surface area (Å²) in [5, 5.41) is 3.06. The summed E-state index contributed by atoms with van der Waals surface area (Å²) in [4.78, 5) is 3.90. The molecule has 1 aromatic rings. The molecule has 0 saturated heterocycles. The van der Waals surface area contributed by atoms with Gasteiger partial charge in [-0.15, -0.1) is 0 Å². The summed E-state index contributed by atoms with van der Waals surface area (Å²) in [6.07, 6.45) is 3.60. The molecule has 0 bridgehead atoms. The standard InChI is InChI=1S/C6H9BN2/c7-9-5-6-1-3-8-4-2-6/h1-4,9H,5,7H2. The highest BCUT2D eigenvalue weighted by atomic mass is 14.7. The van der Waals surface area contributed by atoms with Crippen LogP contribution in [0.3, 0.4) is 0 Å². The quantitative estimate of drug-likeness (QED) is 0.543. The van der Waals surface area contributed by atoms with Crippen LogP contribution in [0.15, 0.2) is 24.5 Å². The molecule has 1 heterocycles. The lowest BCUT2D eigenvalue weighted by molar-refractivity contribution is 0.956. The molecule has 0 aliphatic heterocycles. The van der Waals surface area contributed by atoms with Crippen LogP contribution in [0.2, 0.25) is 0 Å². The Balaban J connectivity index is 2.61. The van der Waals surface area contributed by atoms with Crippen LogP contribution in [-0.2, 0) is 6.54 Å². The molecule has 0 fully saturated rings. The third kappa shape index (κ3) is 1.86. The molecule has 46 valence electrons. The summed E-state index contributed by atoms with van der Waals surface area (Å²) in [6.45, 7) is 0.919. The van der Waals surface area contributed by atoms with E-state index in [0.717, 1.165) is 6.54 Å². The van der Waals surface area contributed by atoms with E-state index in [1.165, 1.54) is 5.56 Å². The first-order valence-corrected chi connectivity index (χ1v) is 2.97. The summed E-state index contributed by atoms with van der Waals surface area (Å²) in [5.41, 5.74) is 1.27. The van der Waals surface area contributed by atoms with Gasteiger partial charge in [0.25, 0.3) is 0 Å². The van der Waals surface area contributed by atoms with Gasteiger partial charge in [-0.3, -0.25) is 4.98 Å². The first-order valence-electron chi connectivity index (χ1n) is 2.97. The molecule has 3 heteroatoms. The fourth-order valence-corrected chi connectivity index (χ4v) is 0.705. The van der Waals surface area contributed by atoms with Crippen LogP contribution in [0.5, 0.6) is 0 Å². The molecule has 1 rings (SSSR count). The van der Waals surface area contributed by atoms with Gasteiger partial charge in [-0.25, -0.2) is 0 Å². The van der Waals surface area contributed by atoms with Crippen LogP contribution in [0.4, 0.5) is 0 Å². The van der Waals surface area contributed by atoms with Crippen LogP contribution in [0, 0.1) is 0 Å². The lowest BCUT2D eigenvalue weighted by atomic mass is 10.2. The van der Waals surface area contributed by atoms with Crippen molar-refractivity contribution in [1.29, 1.82) is 0 Å². The number of hydrogen-bond acceptors (Lipinski definition) is 2. The number of nitrogens with zero attached hydrogens (tertiary/aromatic N) is 1. The lowest BCUT2D eigenvalue weighted by Crippen LogP contribution is -2.06. The van der Waals surface area contributed by atoms with Crippen molar-refractivity contribution in [2.45, 2.75) is 6.54 Å². The van der Waals surface area contributed by atoms with E-state index in [9.17, 15) is 0 Å². The third-order valence-corrected chi connectivity index (χ3v) is 1.13. The van der Waals surface area contributed by atoms with Gasteiger partial charge < -0.3 is 5.23 Å². The second-order valence-electron chi connectivity index (χ2n) is 1.89.